The quantitative estimate of drug-likeness (QED) is 0.539. The van der Waals surface area contributed by atoms with Gasteiger partial charge in [0.1, 0.15) is 8.85 Å². The van der Waals surface area contributed by atoms with E-state index in [-0.39, 0.29) is 10.7 Å². The molecule has 12 heavy (non-hydrogen) atoms. The molecule has 0 radical (unpaired) electrons. The van der Waals surface area contributed by atoms with E-state index in [1.807, 2.05) is 22.6 Å². The van der Waals surface area contributed by atoms with Crippen molar-refractivity contribution >= 4 is 50.1 Å². The van der Waals surface area contributed by atoms with Gasteiger partial charge in [0.05, 0.1) is 5.56 Å². The van der Waals surface area contributed by atoms with Crippen molar-refractivity contribution in [2.24, 2.45) is 0 Å². The third-order valence-corrected chi connectivity index (χ3v) is 2.65. The van der Waals surface area contributed by atoms with Crippen molar-refractivity contribution in [1.29, 1.82) is 0 Å². The molecule has 1 rings (SSSR count). The number of pyridine rings is 1. The van der Waals surface area contributed by atoms with Crippen LogP contribution in [0.15, 0.2) is 10.5 Å². The van der Waals surface area contributed by atoms with E-state index in [4.69, 9.17) is 11.6 Å². The van der Waals surface area contributed by atoms with E-state index in [0.29, 0.717) is 8.17 Å². The minimum atomic E-state index is -2.60. The van der Waals surface area contributed by atoms with Crippen molar-refractivity contribution in [3.8, 4) is 0 Å². The van der Waals surface area contributed by atoms with Crippen LogP contribution in [0.1, 0.15) is 12.0 Å². The van der Waals surface area contributed by atoms with Crippen molar-refractivity contribution < 1.29 is 8.78 Å². The Hall–Kier alpha value is 0.510. The van der Waals surface area contributed by atoms with Crippen LogP contribution in [0, 0.1) is 3.70 Å². The Morgan fingerprint density at radius 1 is 1.58 bits per heavy atom. The topological polar surface area (TPSA) is 12.9 Å². The lowest BCUT2D eigenvalue weighted by Gasteiger charge is -2.04. The van der Waals surface area contributed by atoms with E-state index in [1.165, 1.54) is 6.07 Å². The zero-order valence-electron chi connectivity index (χ0n) is 5.49. The third kappa shape index (κ3) is 2.26. The highest BCUT2D eigenvalue weighted by Crippen LogP contribution is 2.33. The minimum Gasteiger partial charge on any atom is -0.230 e. The fourth-order valence-corrected chi connectivity index (χ4v) is 2.75. The first-order valence-electron chi connectivity index (χ1n) is 2.82. The first kappa shape index (κ1) is 10.6. The second-order valence-electron chi connectivity index (χ2n) is 1.93. The van der Waals surface area contributed by atoms with Crippen molar-refractivity contribution in [1.82, 2.24) is 4.98 Å². The summed E-state index contributed by atoms with van der Waals surface area (Å²) >= 11 is 10.4. The smallest absolute Gasteiger partial charge is 0.230 e. The zero-order valence-corrected chi connectivity index (χ0v) is 9.99. The highest BCUT2D eigenvalue weighted by atomic mass is 127. The summed E-state index contributed by atoms with van der Waals surface area (Å²) in [6, 6.07) is 1.49. The molecule has 0 unspecified atom stereocenters. The van der Waals surface area contributed by atoms with E-state index < -0.39 is 6.43 Å². The molecule has 0 aromatic carbocycles. The maximum absolute atomic E-state index is 12.3. The molecule has 0 spiro atoms. The van der Waals surface area contributed by atoms with E-state index in [2.05, 4.69) is 20.9 Å². The largest absolute Gasteiger partial charge is 0.267 e. The van der Waals surface area contributed by atoms with Gasteiger partial charge in [-0.15, -0.1) is 0 Å². The van der Waals surface area contributed by atoms with Crippen molar-refractivity contribution in [2.45, 2.75) is 6.43 Å². The van der Waals surface area contributed by atoms with Gasteiger partial charge in [-0.2, -0.15) is 0 Å². The van der Waals surface area contributed by atoms with E-state index in [0.717, 1.165) is 0 Å². The predicted molar refractivity (Wildman–Crippen MR) is 54.6 cm³/mol. The fourth-order valence-electron chi connectivity index (χ4n) is 0.661. The maximum Gasteiger partial charge on any atom is 0.267 e. The van der Waals surface area contributed by atoms with Gasteiger partial charge in [0, 0.05) is 4.47 Å². The summed E-state index contributed by atoms with van der Waals surface area (Å²) in [6.45, 7) is 0. The first-order chi connectivity index (χ1) is 5.52. The molecule has 1 nitrogen and oxygen atoms in total. The Bertz CT molecular complexity index is 285. The summed E-state index contributed by atoms with van der Waals surface area (Å²) in [4.78, 5) is 3.70. The lowest BCUT2D eigenvalue weighted by molar-refractivity contribution is 0.150. The number of alkyl halides is 2. The third-order valence-electron chi connectivity index (χ3n) is 1.15. The van der Waals surface area contributed by atoms with Crippen LogP contribution in [0.5, 0.6) is 0 Å². The highest BCUT2D eigenvalue weighted by molar-refractivity contribution is 14.1. The summed E-state index contributed by atoms with van der Waals surface area (Å²) in [7, 11) is 0. The predicted octanol–water partition coefficient (Wildman–Crippen LogP) is 4.04. The van der Waals surface area contributed by atoms with Crippen molar-refractivity contribution in [2.75, 3.05) is 0 Å². The standard InChI is InChI=1S/C6H2BrClF2IN/c7-2-1-3(11)12-5(8)4(2)6(9)10/h1,6H. The Kier molecular flexibility index (Phi) is 3.66. The van der Waals surface area contributed by atoms with Gasteiger partial charge in [-0.3, -0.25) is 0 Å². The Morgan fingerprint density at radius 3 is 2.58 bits per heavy atom. The van der Waals surface area contributed by atoms with Crippen LogP contribution < -0.4 is 0 Å². The van der Waals surface area contributed by atoms with Gasteiger partial charge in [0.15, 0.2) is 0 Å². The summed E-state index contributed by atoms with van der Waals surface area (Å²) in [6.07, 6.45) is -2.60. The average molecular weight is 368 g/mol. The summed E-state index contributed by atoms with van der Waals surface area (Å²) in [5, 5.41) is -0.149. The molecule has 0 fully saturated rings. The molecule has 0 aliphatic heterocycles. The second kappa shape index (κ2) is 4.15. The lowest BCUT2D eigenvalue weighted by atomic mass is 10.3. The number of rotatable bonds is 1. The van der Waals surface area contributed by atoms with Gasteiger partial charge in [-0.1, -0.05) is 27.5 Å². The molecule has 1 aromatic rings. The minimum absolute atomic E-state index is 0.149. The van der Waals surface area contributed by atoms with Crippen LogP contribution in [-0.4, -0.2) is 4.98 Å². The van der Waals surface area contributed by atoms with Crippen LogP contribution in [0.3, 0.4) is 0 Å². The van der Waals surface area contributed by atoms with Gasteiger partial charge in [-0.05, 0) is 28.7 Å². The Labute approximate surface area is 94.8 Å². The van der Waals surface area contributed by atoms with E-state index in [9.17, 15) is 8.78 Å². The molecule has 0 N–H and O–H groups in total. The molecule has 0 saturated carbocycles. The normalized spacial score (nSPS) is 10.8. The van der Waals surface area contributed by atoms with E-state index >= 15 is 0 Å². The first-order valence-corrected chi connectivity index (χ1v) is 5.07. The van der Waals surface area contributed by atoms with Crippen LogP contribution in [0.2, 0.25) is 5.15 Å². The van der Waals surface area contributed by atoms with Crippen molar-refractivity contribution in [3.05, 3.63) is 25.0 Å². The molecule has 0 atom stereocenters. The summed E-state index contributed by atoms with van der Waals surface area (Å²) in [5.74, 6) is 0. The summed E-state index contributed by atoms with van der Waals surface area (Å²) < 4.78 is 25.4. The molecule has 6 heteroatoms. The summed E-state index contributed by atoms with van der Waals surface area (Å²) in [5.41, 5.74) is -0.253. The van der Waals surface area contributed by atoms with Crippen LogP contribution in [0.25, 0.3) is 0 Å². The lowest BCUT2D eigenvalue weighted by Crippen LogP contribution is -1.93. The Morgan fingerprint density at radius 2 is 2.17 bits per heavy atom. The number of halogens is 5. The molecule has 0 aliphatic carbocycles. The molecule has 0 bridgehead atoms. The van der Waals surface area contributed by atoms with Gasteiger partial charge in [0.2, 0.25) is 0 Å². The zero-order chi connectivity index (χ0) is 9.30. The van der Waals surface area contributed by atoms with E-state index in [1.54, 1.807) is 0 Å². The molecule has 0 saturated heterocycles. The average Bonchev–Trinajstić information content (AvgIpc) is 1.82. The van der Waals surface area contributed by atoms with Gasteiger partial charge < -0.3 is 0 Å². The number of nitrogens with zero attached hydrogens (tertiary/aromatic N) is 1. The maximum atomic E-state index is 12.3. The van der Waals surface area contributed by atoms with Crippen LogP contribution >= 0.6 is 50.1 Å². The Balaban J connectivity index is 3.28. The van der Waals surface area contributed by atoms with Gasteiger partial charge >= 0.3 is 0 Å². The van der Waals surface area contributed by atoms with Crippen LogP contribution in [-0.2, 0) is 0 Å². The SMILES string of the molecule is FC(F)c1c(Br)cc(I)nc1Cl. The molecule has 66 valence electrons. The van der Waals surface area contributed by atoms with Crippen LogP contribution in [0.4, 0.5) is 8.78 Å². The number of hydrogen-bond donors (Lipinski definition) is 0. The molecule has 0 aliphatic rings. The molecular formula is C6H2BrClF2IN. The molecular weight excluding hydrogens is 366 g/mol. The van der Waals surface area contributed by atoms with Crippen molar-refractivity contribution in [3.63, 3.8) is 0 Å². The number of hydrogen-bond acceptors (Lipinski definition) is 1. The molecule has 0 amide bonds. The molecule has 1 heterocycles. The number of aromatic nitrogens is 1. The van der Waals surface area contributed by atoms with Gasteiger partial charge in [-0.25, -0.2) is 13.8 Å². The molecule has 1 aromatic heterocycles. The highest BCUT2D eigenvalue weighted by Gasteiger charge is 2.17. The van der Waals surface area contributed by atoms with Gasteiger partial charge in [0.25, 0.3) is 6.43 Å². The second-order valence-corrected chi connectivity index (χ2v) is 4.25. The monoisotopic (exact) mass is 367 g/mol. The fraction of sp³-hybridized carbons (Fsp3) is 0.167.